The van der Waals surface area contributed by atoms with Crippen molar-refractivity contribution in [3.05, 3.63) is 59.4 Å². The average molecular weight is 387 g/mol. The Hall–Kier alpha value is -2.66. The van der Waals surface area contributed by atoms with Gasteiger partial charge in [-0.05, 0) is 42.0 Å². The maximum absolute atomic E-state index is 12.2. The molecule has 1 N–H and O–H groups in total. The fourth-order valence-electron chi connectivity index (χ4n) is 2.34. The predicted octanol–water partition coefficient (Wildman–Crippen LogP) is 3.42. The SMILES string of the molecule is CN(C)S(=O)(=O)c1ccc2nc(/C(Cl)=C/c3ccc(C#N)cc3)[nH]c2c1. The summed E-state index contributed by atoms with van der Waals surface area (Å²) in [7, 11) is -0.560. The van der Waals surface area contributed by atoms with Gasteiger partial charge in [0.25, 0.3) is 0 Å². The zero-order valence-corrected chi connectivity index (χ0v) is 15.6. The van der Waals surface area contributed by atoms with Crippen LogP contribution in [0, 0.1) is 11.3 Å². The van der Waals surface area contributed by atoms with E-state index in [1.807, 2.05) is 0 Å². The quantitative estimate of drug-likeness (QED) is 0.743. The molecule has 0 bridgehead atoms. The van der Waals surface area contributed by atoms with Crippen molar-refractivity contribution in [2.45, 2.75) is 4.90 Å². The predicted molar refractivity (Wildman–Crippen MR) is 102 cm³/mol. The van der Waals surface area contributed by atoms with Gasteiger partial charge in [0, 0.05) is 14.1 Å². The summed E-state index contributed by atoms with van der Waals surface area (Å²) in [6.45, 7) is 0. The Bertz CT molecular complexity index is 1140. The van der Waals surface area contributed by atoms with Crippen LogP contribution in [-0.4, -0.2) is 36.8 Å². The molecule has 0 unspecified atom stereocenters. The van der Waals surface area contributed by atoms with Crippen LogP contribution >= 0.6 is 11.6 Å². The lowest BCUT2D eigenvalue weighted by Gasteiger charge is -2.10. The Balaban J connectivity index is 1.98. The lowest BCUT2D eigenvalue weighted by molar-refractivity contribution is 0.521. The number of nitrogens with zero attached hydrogens (tertiary/aromatic N) is 3. The third kappa shape index (κ3) is 3.48. The first-order valence-corrected chi connectivity index (χ1v) is 9.43. The molecule has 0 spiro atoms. The maximum Gasteiger partial charge on any atom is 0.242 e. The molecule has 0 aliphatic carbocycles. The van der Waals surface area contributed by atoms with Gasteiger partial charge in [0.05, 0.1) is 32.6 Å². The number of benzene rings is 2. The fraction of sp³-hybridized carbons (Fsp3) is 0.111. The molecule has 0 atom stereocenters. The molecule has 0 saturated heterocycles. The van der Waals surface area contributed by atoms with Crippen LogP contribution in [0.4, 0.5) is 0 Å². The molecular formula is C18H15ClN4O2S. The lowest BCUT2D eigenvalue weighted by atomic mass is 10.1. The molecule has 6 nitrogen and oxygen atoms in total. The summed E-state index contributed by atoms with van der Waals surface area (Å²) < 4.78 is 25.6. The summed E-state index contributed by atoms with van der Waals surface area (Å²) in [5, 5.41) is 9.21. The Morgan fingerprint density at radius 1 is 1.23 bits per heavy atom. The highest BCUT2D eigenvalue weighted by Crippen LogP contribution is 2.25. The van der Waals surface area contributed by atoms with Crippen molar-refractivity contribution in [2.75, 3.05) is 14.1 Å². The molecule has 0 aliphatic rings. The Kier molecular flexibility index (Phi) is 4.83. The molecule has 1 heterocycles. The summed E-state index contributed by atoms with van der Waals surface area (Å²) in [5.74, 6) is 0.436. The molecule has 0 aliphatic heterocycles. The van der Waals surface area contributed by atoms with E-state index in [-0.39, 0.29) is 4.90 Å². The van der Waals surface area contributed by atoms with E-state index >= 15 is 0 Å². The van der Waals surface area contributed by atoms with Gasteiger partial charge in [-0.25, -0.2) is 17.7 Å². The zero-order valence-electron chi connectivity index (χ0n) is 14.1. The third-order valence-corrected chi connectivity index (χ3v) is 5.89. The first kappa shape index (κ1) is 18.1. The Morgan fingerprint density at radius 3 is 2.54 bits per heavy atom. The van der Waals surface area contributed by atoms with Crippen molar-refractivity contribution in [1.82, 2.24) is 14.3 Å². The lowest BCUT2D eigenvalue weighted by Crippen LogP contribution is -2.22. The van der Waals surface area contributed by atoms with E-state index in [1.165, 1.54) is 26.2 Å². The first-order valence-electron chi connectivity index (χ1n) is 7.61. The van der Waals surface area contributed by atoms with Crippen molar-refractivity contribution >= 4 is 43.8 Å². The number of rotatable bonds is 4. The molecular weight excluding hydrogens is 372 g/mol. The molecule has 0 saturated carbocycles. The number of aromatic amines is 1. The number of halogens is 1. The van der Waals surface area contributed by atoms with E-state index in [9.17, 15) is 8.42 Å². The number of hydrogen-bond donors (Lipinski definition) is 1. The number of aromatic nitrogens is 2. The highest BCUT2D eigenvalue weighted by Gasteiger charge is 2.18. The second-order valence-electron chi connectivity index (χ2n) is 5.78. The number of sulfonamides is 1. The second-order valence-corrected chi connectivity index (χ2v) is 8.34. The number of nitriles is 1. The average Bonchev–Trinajstić information content (AvgIpc) is 3.05. The smallest absolute Gasteiger partial charge is 0.242 e. The number of hydrogen-bond acceptors (Lipinski definition) is 4. The molecule has 3 aromatic rings. The minimum Gasteiger partial charge on any atom is -0.337 e. The highest BCUT2D eigenvalue weighted by molar-refractivity contribution is 7.89. The number of fused-ring (bicyclic) bond motifs is 1. The highest BCUT2D eigenvalue weighted by atomic mass is 35.5. The van der Waals surface area contributed by atoms with Gasteiger partial charge < -0.3 is 4.98 Å². The summed E-state index contributed by atoms with van der Waals surface area (Å²) in [5.41, 5.74) is 2.58. The molecule has 0 fully saturated rings. The van der Waals surface area contributed by atoms with Gasteiger partial charge in [-0.1, -0.05) is 23.7 Å². The van der Waals surface area contributed by atoms with E-state index in [1.54, 1.807) is 36.4 Å². The third-order valence-electron chi connectivity index (χ3n) is 3.79. The van der Waals surface area contributed by atoms with Crippen LogP contribution in [0.25, 0.3) is 22.1 Å². The van der Waals surface area contributed by atoms with Gasteiger partial charge in [-0.3, -0.25) is 0 Å². The largest absolute Gasteiger partial charge is 0.337 e. The Morgan fingerprint density at radius 2 is 1.92 bits per heavy atom. The normalized spacial score (nSPS) is 12.5. The van der Waals surface area contributed by atoms with E-state index < -0.39 is 10.0 Å². The van der Waals surface area contributed by atoms with Crippen LogP contribution in [0.15, 0.2) is 47.4 Å². The summed E-state index contributed by atoms with van der Waals surface area (Å²) in [4.78, 5) is 7.62. The van der Waals surface area contributed by atoms with Gasteiger partial charge in [0.1, 0.15) is 5.82 Å². The van der Waals surface area contributed by atoms with Crippen LogP contribution in [-0.2, 0) is 10.0 Å². The molecule has 0 radical (unpaired) electrons. The van der Waals surface area contributed by atoms with E-state index in [2.05, 4.69) is 16.0 Å². The minimum absolute atomic E-state index is 0.178. The first-order chi connectivity index (χ1) is 12.3. The van der Waals surface area contributed by atoms with Crippen molar-refractivity contribution in [1.29, 1.82) is 5.26 Å². The maximum atomic E-state index is 12.2. The fourth-order valence-corrected chi connectivity index (χ4v) is 3.49. The molecule has 0 amide bonds. The molecule has 8 heteroatoms. The second kappa shape index (κ2) is 6.92. The van der Waals surface area contributed by atoms with Crippen LogP contribution < -0.4 is 0 Å². The Labute approximate surface area is 156 Å². The molecule has 1 aromatic heterocycles. The van der Waals surface area contributed by atoms with Crippen molar-refractivity contribution < 1.29 is 8.42 Å². The van der Waals surface area contributed by atoms with Gasteiger partial charge >= 0.3 is 0 Å². The number of nitrogens with one attached hydrogen (secondary N) is 1. The van der Waals surface area contributed by atoms with Crippen molar-refractivity contribution in [3.63, 3.8) is 0 Å². The molecule has 3 rings (SSSR count). The van der Waals surface area contributed by atoms with Gasteiger partial charge in [0.15, 0.2) is 0 Å². The number of H-pyrrole nitrogens is 1. The summed E-state index contributed by atoms with van der Waals surface area (Å²) >= 11 is 6.34. The monoisotopic (exact) mass is 386 g/mol. The van der Waals surface area contributed by atoms with E-state index in [4.69, 9.17) is 16.9 Å². The van der Waals surface area contributed by atoms with Gasteiger partial charge in [-0.2, -0.15) is 5.26 Å². The van der Waals surface area contributed by atoms with Crippen LogP contribution in [0.5, 0.6) is 0 Å². The van der Waals surface area contributed by atoms with Crippen molar-refractivity contribution in [3.8, 4) is 6.07 Å². The standard InChI is InChI=1S/C18H15ClN4O2S/c1-23(2)26(24,25)14-7-8-16-17(10-14)22-18(21-16)15(19)9-12-3-5-13(11-20)6-4-12/h3-10H,1-2H3,(H,21,22)/b15-9-. The van der Waals surface area contributed by atoms with Gasteiger partial charge in [0.2, 0.25) is 10.0 Å². The van der Waals surface area contributed by atoms with E-state index in [0.29, 0.717) is 27.5 Å². The van der Waals surface area contributed by atoms with E-state index in [0.717, 1.165) is 9.87 Å². The summed E-state index contributed by atoms with van der Waals surface area (Å²) in [6.07, 6.45) is 1.72. The topological polar surface area (TPSA) is 89.8 Å². The van der Waals surface area contributed by atoms with Crippen LogP contribution in [0.3, 0.4) is 0 Å². The zero-order chi connectivity index (χ0) is 18.9. The molecule has 26 heavy (non-hydrogen) atoms. The minimum atomic E-state index is -3.52. The van der Waals surface area contributed by atoms with Crippen LogP contribution in [0.1, 0.15) is 17.0 Å². The van der Waals surface area contributed by atoms with Crippen LogP contribution in [0.2, 0.25) is 0 Å². The molecule has 132 valence electrons. The summed E-state index contributed by atoms with van der Waals surface area (Å²) in [6, 6.07) is 13.7. The van der Waals surface area contributed by atoms with Gasteiger partial charge in [-0.15, -0.1) is 0 Å². The number of imidazole rings is 1. The molecule has 2 aromatic carbocycles. The van der Waals surface area contributed by atoms with Crippen molar-refractivity contribution in [2.24, 2.45) is 0 Å².